The molecule has 0 amide bonds. The van der Waals surface area contributed by atoms with E-state index in [0.717, 1.165) is 36.3 Å². The standard InChI is InChI=1S/C20H22N2O6/c1-27-7-2-8-28-14-9-12-5-6-22-10-13(20(25)26)18(23)19(24)17(22)16(12)21-15(14)11-3-4-11/h9-11,24H,2-8H2,1H3,(H,25,26). The topological polar surface area (TPSA) is 111 Å². The highest BCUT2D eigenvalue weighted by Crippen LogP contribution is 2.46. The van der Waals surface area contributed by atoms with Crippen molar-refractivity contribution in [3.8, 4) is 22.9 Å². The lowest BCUT2D eigenvalue weighted by Gasteiger charge is -2.24. The van der Waals surface area contributed by atoms with Gasteiger partial charge in [0.2, 0.25) is 5.43 Å². The molecule has 1 saturated carbocycles. The average molecular weight is 386 g/mol. The first-order valence-corrected chi connectivity index (χ1v) is 9.37. The van der Waals surface area contributed by atoms with Gasteiger partial charge in [0, 0.05) is 38.8 Å². The van der Waals surface area contributed by atoms with Crippen molar-refractivity contribution in [2.24, 2.45) is 0 Å². The molecule has 2 aromatic rings. The molecule has 0 unspecified atom stereocenters. The van der Waals surface area contributed by atoms with Crippen molar-refractivity contribution in [3.63, 3.8) is 0 Å². The Labute approximate surface area is 161 Å². The molecule has 0 atom stereocenters. The second kappa shape index (κ2) is 7.27. The Kier molecular flexibility index (Phi) is 4.80. The van der Waals surface area contributed by atoms with Crippen molar-refractivity contribution in [2.75, 3.05) is 20.3 Å². The van der Waals surface area contributed by atoms with Crippen LogP contribution in [0.4, 0.5) is 0 Å². The summed E-state index contributed by atoms with van der Waals surface area (Å²) in [7, 11) is 1.65. The third-order valence-corrected chi connectivity index (χ3v) is 5.14. The fourth-order valence-corrected chi connectivity index (χ4v) is 3.56. The van der Waals surface area contributed by atoms with E-state index in [-0.39, 0.29) is 5.69 Å². The number of carboxylic acids is 1. The Bertz CT molecular complexity index is 993. The van der Waals surface area contributed by atoms with Crippen molar-refractivity contribution in [1.29, 1.82) is 0 Å². The maximum atomic E-state index is 12.3. The highest BCUT2D eigenvalue weighted by atomic mass is 16.5. The number of hydrogen-bond acceptors (Lipinski definition) is 6. The maximum Gasteiger partial charge on any atom is 0.341 e. The summed E-state index contributed by atoms with van der Waals surface area (Å²) in [5.74, 6) is -0.864. The molecular formula is C20H22N2O6. The van der Waals surface area contributed by atoms with Gasteiger partial charge in [-0.3, -0.25) is 4.79 Å². The van der Waals surface area contributed by atoms with Crippen LogP contribution in [-0.4, -0.2) is 46.1 Å². The lowest BCUT2D eigenvalue weighted by molar-refractivity contribution is 0.0694. The van der Waals surface area contributed by atoms with Gasteiger partial charge in [-0.25, -0.2) is 9.78 Å². The molecule has 3 heterocycles. The Morgan fingerprint density at radius 1 is 1.36 bits per heavy atom. The van der Waals surface area contributed by atoms with Crippen LogP contribution < -0.4 is 10.2 Å². The molecule has 148 valence electrons. The minimum atomic E-state index is -1.35. The molecule has 4 rings (SSSR count). The Hall–Kier alpha value is -2.87. The molecular weight excluding hydrogens is 364 g/mol. The summed E-state index contributed by atoms with van der Waals surface area (Å²) in [5.41, 5.74) is 1.20. The van der Waals surface area contributed by atoms with Gasteiger partial charge in [-0.1, -0.05) is 0 Å². The monoisotopic (exact) mass is 386 g/mol. The second-order valence-corrected chi connectivity index (χ2v) is 7.17. The number of rotatable bonds is 7. The zero-order valence-electron chi connectivity index (χ0n) is 15.6. The van der Waals surface area contributed by atoms with Gasteiger partial charge in [-0.15, -0.1) is 0 Å². The number of fused-ring (bicyclic) bond motifs is 3. The predicted octanol–water partition coefficient (Wildman–Crippen LogP) is 2.16. The fraction of sp³-hybridized carbons (Fsp3) is 0.450. The number of nitrogens with zero attached hydrogens (tertiary/aromatic N) is 2. The molecule has 8 nitrogen and oxygen atoms in total. The van der Waals surface area contributed by atoms with Crippen molar-refractivity contribution in [2.45, 2.75) is 38.1 Å². The molecule has 8 heteroatoms. The number of ether oxygens (including phenoxy) is 2. The van der Waals surface area contributed by atoms with E-state index in [1.165, 1.54) is 6.20 Å². The molecule has 0 saturated heterocycles. The van der Waals surface area contributed by atoms with Crippen LogP contribution in [0.25, 0.3) is 11.4 Å². The van der Waals surface area contributed by atoms with Crippen molar-refractivity contribution in [1.82, 2.24) is 9.55 Å². The van der Waals surface area contributed by atoms with Gasteiger partial charge in [0.05, 0.1) is 18.0 Å². The third kappa shape index (κ3) is 3.24. The van der Waals surface area contributed by atoms with Crippen LogP contribution in [0.5, 0.6) is 11.5 Å². The average Bonchev–Trinajstić information content (AvgIpc) is 3.51. The van der Waals surface area contributed by atoms with E-state index in [4.69, 9.17) is 14.5 Å². The van der Waals surface area contributed by atoms with Crippen molar-refractivity contribution < 1.29 is 24.5 Å². The summed E-state index contributed by atoms with van der Waals surface area (Å²) in [4.78, 5) is 28.3. The first-order chi connectivity index (χ1) is 13.5. The lowest BCUT2D eigenvalue weighted by Crippen LogP contribution is -2.23. The quantitative estimate of drug-likeness (QED) is 0.702. The van der Waals surface area contributed by atoms with E-state index < -0.39 is 22.7 Å². The Morgan fingerprint density at radius 2 is 2.14 bits per heavy atom. The zero-order valence-corrected chi connectivity index (χ0v) is 15.6. The molecule has 0 radical (unpaired) electrons. The summed E-state index contributed by atoms with van der Waals surface area (Å²) in [6.07, 6.45) is 4.72. The number of hydrogen-bond donors (Lipinski definition) is 2. The predicted molar refractivity (Wildman–Crippen MR) is 100 cm³/mol. The number of aromatic carboxylic acids is 1. The normalized spacial score (nSPS) is 15.0. The number of pyridine rings is 2. The molecule has 2 N–H and O–H groups in total. The largest absolute Gasteiger partial charge is 0.503 e. The van der Waals surface area contributed by atoms with E-state index in [2.05, 4.69) is 0 Å². The van der Waals surface area contributed by atoms with Gasteiger partial charge in [-0.05, 0) is 30.9 Å². The molecule has 0 bridgehead atoms. The molecule has 1 aliphatic carbocycles. The van der Waals surface area contributed by atoms with Crippen LogP contribution >= 0.6 is 0 Å². The third-order valence-electron chi connectivity index (χ3n) is 5.14. The molecule has 0 aromatic carbocycles. The summed E-state index contributed by atoms with van der Waals surface area (Å²) in [6.45, 7) is 1.59. The molecule has 1 aliphatic heterocycles. The van der Waals surface area contributed by atoms with Crippen LogP contribution in [-0.2, 0) is 17.7 Å². The molecule has 2 aromatic heterocycles. The van der Waals surface area contributed by atoms with Crippen LogP contribution in [0.2, 0.25) is 0 Å². The number of aryl methyl sites for hydroxylation is 2. The van der Waals surface area contributed by atoms with Gasteiger partial charge in [0.1, 0.15) is 17.0 Å². The Balaban J connectivity index is 1.78. The van der Waals surface area contributed by atoms with Gasteiger partial charge >= 0.3 is 5.97 Å². The fourth-order valence-electron chi connectivity index (χ4n) is 3.56. The van der Waals surface area contributed by atoms with Crippen molar-refractivity contribution >= 4 is 5.97 Å². The number of methoxy groups -OCH3 is 1. The first kappa shape index (κ1) is 18.5. The number of aromatic hydroxyl groups is 1. The van der Waals surface area contributed by atoms with E-state index in [1.807, 2.05) is 6.07 Å². The smallest absolute Gasteiger partial charge is 0.341 e. The van der Waals surface area contributed by atoms with Gasteiger partial charge < -0.3 is 24.3 Å². The van der Waals surface area contributed by atoms with Gasteiger partial charge in [0.25, 0.3) is 0 Å². The van der Waals surface area contributed by atoms with Crippen LogP contribution in [0.1, 0.15) is 46.8 Å². The zero-order chi connectivity index (χ0) is 19.8. The highest BCUT2D eigenvalue weighted by molar-refractivity contribution is 5.88. The van der Waals surface area contributed by atoms with Gasteiger partial charge in [-0.2, -0.15) is 0 Å². The molecule has 28 heavy (non-hydrogen) atoms. The molecule has 2 aliphatic rings. The minimum absolute atomic E-state index is 0.282. The lowest BCUT2D eigenvalue weighted by atomic mass is 9.99. The van der Waals surface area contributed by atoms with Crippen LogP contribution in [0.15, 0.2) is 17.1 Å². The second-order valence-electron chi connectivity index (χ2n) is 7.17. The Morgan fingerprint density at radius 3 is 2.82 bits per heavy atom. The van der Waals surface area contributed by atoms with Crippen LogP contribution in [0, 0.1) is 0 Å². The first-order valence-electron chi connectivity index (χ1n) is 9.37. The summed E-state index contributed by atoms with van der Waals surface area (Å²) >= 11 is 0. The number of carbonyl (C=O) groups is 1. The maximum absolute atomic E-state index is 12.3. The van der Waals surface area contributed by atoms with Gasteiger partial charge in [0.15, 0.2) is 5.75 Å². The van der Waals surface area contributed by atoms with E-state index in [0.29, 0.717) is 37.8 Å². The summed E-state index contributed by atoms with van der Waals surface area (Å²) < 4.78 is 12.6. The van der Waals surface area contributed by atoms with E-state index in [1.54, 1.807) is 11.7 Å². The van der Waals surface area contributed by atoms with Crippen molar-refractivity contribution in [3.05, 3.63) is 39.3 Å². The number of carboxylic acid groups (broad SMARTS) is 1. The number of aromatic nitrogens is 2. The SMILES string of the molecule is COCCCOc1cc2c(nc1C1CC1)-c1c(O)c(=O)c(C(=O)O)cn1CC2. The minimum Gasteiger partial charge on any atom is -0.503 e. The molecule has 1 fully saturated rings. The van der Waals surface area contributed by atoms with E-state index in [9.17, 15) is 19.8 Å². The van der Waals surface area contributed by atoms with E-state index >= 15 is 0 Å². The summed E-state index contributed by atoms with van der Waals surface area (Å²) in [6, 6.07) is 1.95. The highest BCUT2D eigenvalue weighted by Gasteiger charge is 2.32. The summed E-state index contributed by atoms with van der Waals surface area (Å²) in [5, 5.41) is 19.7. The van der Waals surface area contributed by atoms with Crippen LogP contribution in [0.3, 0.4) is 0 Å². The molecule has 0 spiro atoms.